The Morgan fingerprint density at radius 1 is 1.46 bits per heavy atom. The predicted octanol–water partition coefficient (Wildman–Crippen LogP) is -3.09. The van der Waals surface area contributed by atoms with E-state index in [-0.39, 0.29) is 34.7 Å². The zero-order valence-corrected chi connectivity index (χ0v) is 19.5. The van der Waals surface area contributed by atoms with Gasteiger partial charge in [-0.1, -0.05) is 9.84 Å². The van der Waals surface area contributed by atoms with Crippen LogP contribution in [0.2, 0.25) is 0 Å². The van der Waals surface area contributed by atoms with Crippen molar-refractivity contribution in [2.45, 2.75) is 18.0 Å². The first-order valence-electron chi connectivity index (χ1n) is 9.96. The van der Waals surface area contributed by atoms with Crippen molar-refractivity contribution in [1.82, 2.24) is 34.3 Å². The number of nitrogen functional groups attached to an aromatic ring is 1. The van der Waals surface area contributed by atoms with Crippen LogP contribution in [0.3, 0.4) is 0 Å². The number of thioether (sulfide) groups is 1. The van der Waals surface area contributed by atoms with E-state index in [1.165, 1.54) is 25.2 Å². The van der Waals surface area contributed by atoms with E-state index in [1.54, 1.807) is 27.7 Å². The summed E-state index contributed by atoms with van der Waals surface area (Å²) in [5, 5.41) is 26.0. The molecule has 2 aliphatic heterocycles. The van der Waals surface area contributed by atoms with E-state index in [2.05, 4.69) is 30.0 Å². The highest BCUT2D eigenvalue weighted by Gasteiger charge is 2.53. The molecule has 180 valence electrons. The van der Waals surface area contributed by atoms with E-state index in [0.717, 1.165) is 21.9 Å². The van der Waals surface area contributed by atoms with Gasteiger partial charge in [0, 0.05) is 28.0 Å². The van der Waals surface area contributed by atoms with Crippen LogP contribution in [0.5, 0.6) is 0 Å². The number of rotatable bonds is 7. The van der Waals surface area contributed by atoms with Crippen molar-refractivity contribution >= 4 is 57.4 Å². The van der Waals surface area contributed by atoms with Gasteiger partial charge in [0.15, 0.2) is 18.0 Å². The maximum Gasteiger partial charge on any atom is 0.278 e. The number of fused-ring (bicyclic) bond motifs is 2. The number of carboxylic acid groups (broad SMARTS) is 1. The lowest BCUT2D eigenvalue weighted by molar-refractivity contribution is -0.746. The first kappa shape index (κ1) is 22.7. The van der Waals surface area contributed by atoms with Crippen molar-refractivity contribution in [2.75, 3.05) is 18.6 Å². The summed E-state index contributed by atoms with van der Waals surface area (Å²) < 4.78 is 7.06. The summed E-state index contributed by atoms with van der Waals surface area (Å²) in [6, 6.07) is 0.788. The van der Waals surface area contributed by atoms with Crippen molar-refractivity contribution in [1.29, 1.82) is 0 Å². The van der Waals surface area contributed by atoms with Gasteiger partial charge in [-0.15, -0.1) is 11.8 Å². The van der Waals surface area contributed by atoms with Gasteiger partial charge in [0.25, 0.3) is 11.8 Å². The Balaban J connectivity index is 1.36. The van der Waals surface area contributed by atoms with Gasteiger partial charge < -0.3 is 25.8 Å². The van der Waals surface area contributed by atoms with Gasteiger partial charge in [0.1, 0.15) is 24.0 Å². The van der Waals surface area contributed by atoms with Crippen LogP contribution in [0.25, 0.3) is 5.52 Å². The normalized spacial score (nSPS) is 20.0. The maximum atomic E-state index is 12.9. The summed E-state index contributed by atoms with van der Waals surface area (Å²) in [4.78, 5) is 47.5. The number of carbonyl (C=O) groups excluding carboxylic acids is 3. The Morgan fingerprint density at radius 3 is 3.00 bits per heavy atom. The molecule has 0 radical (unpaired) electrons. The minimum absolute atomic E-state index is 0.0518. The van der Waals surface area contributed by atoms with Crippen LogP contribution >= 0.6 is 23.3 Å². The van der Waals surface area contributed by atoms with Crippen LogP contribution in [-0.2, 0) is 25.8 Å². The number of hydrogen-bond acceptors (Lipinski definition) is 13. The lowest BCUT2D eigenvalue weighted by Crippen LogP contribution is -2.71. The number of nitrogens with zero attached hydrogens (tertiary/aromatic N) is 8. The molecule has 3 aromatic rings. The van der Waals surface area contributed by atoms with Crippen LogP contribution in [-0.4, -0.2) is 76.7 Å². The number of aromatic nitrogens is 6. The molecule has 0 spiro atoms. The summed E-state index contributed by atoms with van der Waals surface area (Å²) >= 11 is 2.18. The molecule has 0 aromatic carbocycles. The molecule has 3 N–H and O–H groups in total. The lowest BCUT2D eigenvalue weighted by atomic mass is 10.0. The molecule has 1 saturated heterocycles. The highest BCUT2D eigenvalue weighted by atomic mass is 32.2. The van der Waals surface area contributed by atoms with E-state index >= 15 is 0 Å². The van der Waals surface area contributed by atoms with E-state index in [0.29, 0.717) is 5.57 Å². The summed E-state index contributed by atoms with van der Waals surface area (Å²) in [5.41, 5.74) is 6.30. The Hall–Kier alpha value is -4.12. The summed E-state index contributed by atoms with van der Waals surface area (Å²) in [6.45, 7) is 0.132. The zero-order valence-electron chi connectivity index (χ0n) is 17.9. The molecule has 3 aromatic heterocycles. The number of carbonyl (C=O) groups is 3. The Morgan fingerprint density at radius 2 is 2.29 bits per heavy atom. The van der Waals surface area contributed by atoms with Crippen molar-refractivity contribution in [3.05, 3.63) is 41.9 Å². The standard InChI is InChI=1S/C18H16N10O5S2/c1-33-24-10(13-23-18(19)35-25-13)14(29)22-11-15(30)28-12(17(31)32)8(6-34-16(11)28)4-26-5-9-2-3-20-27(9)7-21-26/h2-3,5,7,11,16H,4,6H2,1H3,(H3-,19,22,23,25,29,31,32)/b24-10-. The van der Waals surface area contributed by atoms with Gasteiger partial charge in [-0.2, -0.15) is 14.5 Å². The minimum Gasteiger partial charge on any atom is -0.543 e. The smallest absolute Gasteiger partial charge is 0.278 e. The number of anilines is 1. The molecule has 5 rings (SSSR count). The Labute approximate surface area is 204 Å². The SMILES string of the molecule is CO/N=C(\C(=O)NC1C(=O)N2C(C(=O)[O-])=C(C[n+]3cc4ccnn4cn3)CSC12)c1nsc(N)n1. The fourth-order valence-electron chi connectivity index (χ4n) is 3.72. The molecule has 0 aliphatic carbocycles. The largest absolute Gasteiger partial charge is 0.543 e. The monoisotopic (exact) mass is 516 g/mol. The molecule has 1 fully saturated rings. The number of β-lactam (4-membered cyclic amide) rings is 1. The van der Waals surface area contributed by atoms with Crippen LogP contribution in [0.4, 0.5) is 5.13 Å². The highest BCUT2D eigenvalue weighted by Crippen LogP contribution is 2.40. The zero-order chi connectivity index (χ0) is 24.7. The van der Waals surface area contributed by atoms with Crippen molar-refractivity contribution in [3.8, 4) is 0 Å². The van der Waals surface area contributed by atoms with Crippen LogP contribution in [0, 0.1) is 0 Å². The average molecular weight is 517 g/mol. The fourth-order valence-corrected chi connectivity index (χ4v) is 5.49. The molecular weight excluding hydrogens is 500 g/mol. The van der Waals surface area contributed by atoms with Gasteiger partial charge in [-0.05, 0) is 6.07 Å². The fraction of sp³-hybridized carbons (Fsp3) is 0.278. The molecule has 2 aliphatic rings. The van der Waals surface area contributed by atoms with E-state index in [1.807, 2.05) is 0 Å². The highest BCUT2D eigenvalue weighted by molar-refractivity contribution is 8.00. The molecule has 2 atom stereocenters. The molecule has 5 heterocycles. The van der Waals surface area contributed by atoms with Gasteiger partial charge in [-0.25, -0.2) is 4.52 Å². The number of hydrogen-bond donors (Lipinski definition) is 2. The minimum atomic E-state index is -1.49. The molecule has 15 nitrogen and oxygen atoms in total. The molecular formula is C18H16N10O5S2. The second kappa shape index (κ2) is 8.91. The molecule has 2 amide bonds. The quantitative estimate of drug-likeness (QED) is 0.140. The maximum absolute atomic E-state index is 12.9. The second-order valence-electron chi connectivity index (χ2n) is 7.34. The number of oxime groups is 1. The Kier molecular flexibility index (Phi) is 5.77. The lowest BCUT2D eigenvalue weighted by Gasteiger charge is -2.50. The second-order valence-corrected chi connectivity index (χ2v) is 9.23. The number of amides is 2. The van der Waals surface area contributed by atoms with Crippen molar-refractivity contribution in [3.63, 3.8) is 0 Å². The predicted molar refractivity (Wildman–Crippen MR) is 118 cm³/mol. The average Bonchev–Trinajstić information content (AvgIpc) is 3.48. The van der Waals surface area contributed by atoms with Crippen LogP contribution < -0.4 is 20.8 Å². The molecule has 35 heavy (non-hydrogen) atoms. The summed E-state index contributed by atoms with van der Waals surface area (Å²) in [6.07, 6.45) is 4.82. The van der Waals surface area contributed by atoms with Crippen molar-refractivity contribution in [2.24, 2.45) is 5.16 Å². The van der Waals surface area contributed by atoms with Gasteiger partial charge >= 0.3 is 0 Å². The Bertz CT molecular complexity index is 1420. The summed E-state index contributed by atoms with van der Waals surface area (Å²) in [7, 11) is 1.24. The molecule has 17 heteroatoms. The van der Waals surface area contributed by atoms with E-state index in [4.69, 9.17) is 10.6 Å². The topological polar surface area (TPSA) is 197 Å². The van der Waals surface area contributed by atoms with Gasteiger partial charge in [0.2, 0.25) is 17.7 Å². The third-order valence-electron chi connectivity index (χ3n) is 5.22. The summed E-state index contributed by atoms with van der Waals surface area (Å²) in [5.74, 6) is -2.62. The van der Waals surface area contributed by atoms with E-state index < -0.39 is 29.2 Å². The van der Waals surface area contributed by atoms with Gasteiger partial charge in [-0.3, -0.25) is 14.5 Å². The first-order chi connectivity index (χ1) is 16.9. The number of nitrogens with two attached hydrogens (primary N) is 1. The van der Waals surface area contributed by atoms with Crippen molar-refractivity contribution < 1.29 is 29.0 Å². The van der Waals surface area contributed by atoms with E-state index in [9.17, 15) is 19.5 Å². The van der Waals surface area contributed by atoms with Crippen LogP contribution in [0.15, 0.2) is 41.2 Å². The van der Waals surface area contributed by atoms with Gasteiger partial charge in [0.05, 0.1) is 17.9 Å². The number of carboxylic acids is 1. The van der Waals surface area contributed by atoms with Crippen LogP contribution in [0.1, 0.15) is 5.82 Å². The molecule has 0 bridgehead atoms. The molecule has 2 unspecified atom stereocenters. The first-order valence-corrected chi connectivity index (χ1v) is 11.8. The molecule has 0 saturated carbocycles. The number of aliphatic carboxylic acids is 1. The third-order valence-corrected chi connectivity index (χ3v) is 7.10. The third kappa shape index (κ3) is 4.03. The number of nitrogens with one attached hydrogen (secondary N) is 1.